The van der Waals surface area contributed by atoms with Crippen LogP contribution in [0.1, 0.15) is 5.56 Å². The fraction of sp³-hybridized carbons (Fsp3) is 0.150. The molecule has 2 aromatic carbocycles. The first-order valence-corrected chi connectivity index (χ1v) is 10.7. The van der Waals surface area contributed by atoms with Crippen LogP contribution in [-0.2, 0) is 11.3 Å². The quantitative estimate of drug-likeness (QED) is 0.300. The van der Waals surface area contributed by atoms with Crippen molar-refractivity contribution in [2.75, 3.05) is 12.3 Å². The van der Waals surface area contributed by atoms with E-state index in [0.29, 0.717) is 23.0 Å². The Labute approximate surface area is 185 Å². The van der Waals surface area contributed by atoms with Gasteiger partial charge in [0.15, 0.2) is 0 Å². The average Bonchev–Trinajstić information content (AvgIpc) is 3.18. The minimum Gasteiger partial charge on any atom is -0.411 e. The van der Waals surface area contributed by atoms with E-state index in [9.17, 15) is 9.18 Å². The van der Waals surface area contributed by atoms with Crippen LogP contribution in [0.5, 0.6) is 0 Å². The maximum Gasteiger partial charge on any atom is 0.277 e. The average molecular weight is 497 g/mol. The van der Waals surface area contributed by atoms with Crippen molar-refractivity contribution in [2.45, 2.75) is 11.8 Å². The van der Waals surface area contributed by atoms with Crippen LogP contribution in [0.4, 0.5) is 4.39 Å². The summed E-state index contributed by atoms with van der Waals surface area (Å²) < 4.78 is 20.4. The highest BCUT2D eigenvalue weighted by Gasteiger charge is 2.17. The second-order valence-corrected chi connectivity index (χ2v) is 8.25. The maximum absolute atomic E-state index is 14.0. The second-order valence-electron chi connectivity index (χ2n) is 5.97. The summed E-state index contributed by atoms with van der Waals surface area (Å²) in [7, 11) is 0. The second kappa shape index (κ2) is 10.0. The van der Waals surface area contributed by atoms with E-state index in [1.807, 2.05) is 0 Å². The van der Waals surface area contributed by atoms with E-state index >= 15 is 0 Å². The van der Waals surface area contributed by atoms with E-state index in [1.54, 1.807) is 42.5 Å². The Morgan fingerprint density at radius 1 is 1.28 bits per heavy atom. The van der Waals surface area contributed by atoms with Gasteiger partial charge in [0.25, 0.3) is 5.22 Å². The Hall–Kier alpha value is -2.16. The van der Waals surface area contributed by atoms with Gasteiger partial charge >= 0.3 is 0 Å². The first kappa shape index (κ1) is 21.5. The number of halogens is 3. The number of nitrogens with zero attached hydrogens (tertiary/aromatic N) is 3. The van der Waals surface area contributed by atoms with Crippen molar-refractivity contribution >= 4 is 45.2 Å². The van der Waals surface area contributed by atoms with Crippen LogP contribution in [0.15, 0.2) is 69.2 Å². The predicted molar refractivity (Wildman–Crippen MR) is 115 cm³/mol. The molecule has 150 valence electrons. The zero-order valence-corrected chi connectivity index (χ0v) is 18.3. The number of hydrogen-bond acceptors (Lipinski definition) is 5. The van der Waals surface area contributed by atoms with Crippen LogP contribution in [-0.4, -0.2) is 33.3 Å². The van der Waals surface area contributed by atoms with Crippen LogP contribution >= 0.6 is 39.3 Å². The fourth-order valence-corrected chi connectivity index (χ4v) is 3.67. The molecule has 0 fully saturated rings. The van der Waals surface area contributed by atoms with Crippen LogP contribution in [0, 0.1) is 5.82 Å². The third kappa shape index (κ3) is 5.91. The fourth-order valence-electron chi connectivity index (χ4n) is 2.47. The Kier molecular flexibility index (Phi) is 7.46. The molecule has 3 aromatic rings. The van der Waals surface area contributed by atoms with Gasteiger partial charge in [-0.05, 0) is 42.5 Å². The standard InChI is InChI=1S/C20H16BrClFN3O2S/c1-2-9-26(11-14-10-15(21)5-8-17(14)23)18(27)12-29-20-25-24-19(28-20)13-3-6-16(22)7-4-13/h2-8,10H,1,9,11-12H2. The largest absolute Gasteiger partial charge is 0.411 e. The Morgan fingerprint density at radius 3 is 2.76 bits per heavy atom. The van der Waals surface area contributed by atoms with Gasteiger partial charge in [-0.3, -0.25) is 4.79 Å². The molecule has 0 aliphatic carbocycles. The predicted octanol–water partition coefficient (Wildman–Crippen LogP) is 5.60. The van der Waals surface area contributed by atoms with Crippen molar-refractivity contribution in [3.63, 3.8) is 0 Å². The first-order valence-electron chi connectivity index (χ1n) is 8.51. The Morgan fingerprint density at radius 2 is 2.03 bits per heavy atom. The third-order valence-electron chi connectivity index (χ3n) is 3.89. The molecule has 0 atom stereocenters. The maximum atomic E-state index is 14.0. The van der Waals surface area contributed by atoms with E-state index in [1.165, 1.54) is 11.0 Å². The lowest BCUT2D eigenvalue weighted by molar-refractivity contribution is -0.128. The van der Waals surface area contributed by atoms with E-state index in [-0.39, 0.29) is 29.2 Å². The van der Waals surface area contributed by atoms with Crippen LogP contribution in [0.2, 0.25) is 5.02 Å². The minimum absolute atomic E-state index is 0.0751. The van der Waals surface area contributed by atoms with Crippen LogP contribution in [0.25, 0.3) is 11.5 Å². The lowest BCUT2D eigenvalue weighted by Gasteiger charge is -2.21. The molecule has 0 saturated carbocycles. The van der Waals surface area contributed by atoms with Gasteiger partial charge in [0, 0.05) is 33.7 Å². The van der Waals surface area contributed by atoms with Crippen molar-refractivity contribution in [1.29, 1.82) is 0 Å². The molecule has 0 spiro atoms. The number of amides is 1. The van der Waals surface area contributed by atoms with Gasteiger partial charge in [0.05, 0.1) is 5.75 Å². The van der Waals surface area contributed by atoms with E-state index in [0.717, 1.165) is 21.8 Å². The summed E-state index contributed by atoms with van der Waals surface area (Å²) in [4.78, 5) is 14.2. The molecule has 0 aliphatic heterocycles. The van der Waals surface area contributed by atoms with E-state index in [4.69, 9.17) is 16.0 Å². The van der Waals surface area contributed by atoms with Gasteiger partial charge in [0.1, 0.15) is 5.82 Å². The Bertz CT molecular complexity index is 1010. The number of hydrogen-bond donors (Lipinski definition) is 0. The lowest BCUT2D eigenvalue weighted by Crippen LogP contribution is -2.32. The summed E-state index contributed by atoms with van der Waals surface area (Å²) in [6.45, 7) is 4.10. The van der Waals surface area contributed by atoms with E-state index in [2.05, 4.69) is 32.7 Å². The molecule has 1 amide bonds. The van der Waals surface area contributed by atoms with Gasteiger partial charge in [0.2, 0.25) is 11.8 Å². The summed E-state index contributed by atoms with van der Waals surface area (Å²) in [5.74, 6) is -0.144. The van der Waals surface area contributed by atoms with Gasteiger partial charge < -0.3 is 9.32 Å². The smallest absolute Gasteiger partial charge is 0.277 e. The molecule has 0 saturated heterocycles. The molecule has 0 N–H and O–H groups in total. The van der Waals surface area contributed by atoms with Crippen LogP contribution in [0.3, 0.4) is 0 Å². The summed E-state index contributed by atoms with van der Waals surface area (Å²) in [6, 6.07) is 11.6. The van der Waals surface area contributed by atoms with Crippen molar-refractivity contribution in [3.05, 3.63) is 76.0 Å². The van der Waals surface area contributed by atoms with Crippen molar-refractivity contribution in [3.8, 4) is 11.5 Å². The normalized spacial score (nSPS) is 10.7. The molecule has 1 aromatic heterocycles. The number of rotatable bonds is 8. The topological polar surface area (TPSA) is 59.2 Å². The number of aromatic nitrogens is 2. The molecule has 1 heterocycles. The molecule has 5 nitrogen and oxygen atoms in total. The highest BCUT2D eigenvalue weighted by Crippen LogP contribution is 2.25. The highest BCUT2D eigenvalue weighted by molar-refractivity contribution is 9.10. The molecule has 3 rings (SSSR count). The highest BCUT2D eigenvalue weighted by atomic mass is 79.9. The van der Waals surface area contributed by atoms with Gasteiger partial charge in [-0.25, -0.2) is 4.39 Å². The SMILES string of the molecule is C=CCN(Cc1cc(Br)ccc1F)C(=O)CSc1nnc(-c2ccc(Cl)cc2)o1. The Balaban J connectivity index is 1.64. The monoisotopic (exact) mass is 495 g/mol. The zero-order chi connectivity index (χ0) is 20.8. The van der Waals surface area contributed by atoms with Gasteiger partial charge in [-0.15, -0.1) is 16.8 Å². The molecule has 0 bridgehead atoms. The summed E-state index contributed by atoms with van der Waals surface area (Å²) >= 11 is 10.3. The number of benzene rings is 2. The number of carbonyl (C=O) groups is 1. The number of thioether (sulfide) groups is 1. The number of carbonyl (C=O) groups excluding carboxylic acids is 1. The van der Waals surface area contributed by atoms with E-state index < -0.39 is 0 Å². The van der Waals surface area contributed by atoms with Crippen molar-refractivity contribution in [2.24, 2.45) is 0 Å². The molecular weight excluding hydrogens is 481 g/mol. The van der Waals surface area contributed by atoms with Crippen molar-refractivity contribution in [1.82, 2.24) is 15.1 Å². The molecule has 29 heavy (non-hydrogen) atoms. The first-order chi connectivity index (χ1) is 14.0. The van der Waals surface area contributed by atoms with Crippen molar-refractivity contribution < 1.29 is 13.6 Å². The van der Waals surface area contributed by atoms with Gasteiger partial charge in [-0.1, -0.05) is 45.4 Å². The summed E-state index contributed by atoms with van der Waals surface area (Å²) in [5, 5.41) is 8.83. The molecule has 0 aliphatic rings. The molecule has 9 heteroatoms. The van der Waals surface area contributed by atoms with Gasteiger partial charge in [-0.2, -0.15) is 0 Å². The third-order valence-corrected chi connectivity index (χ3v) is 5.44. The summed E-state index contributed by atoms with van der Waals surface area (Å²) in [5.41, 5.74) is 1.15. The van der Waals surface area contributed by atoms with Crippen LogP contribution < -0.4 is 0 Å². The molecular formula is C20H16BrClFN3O2S. The minimum atomic E-state index is -0.368. The lowest BCUT2D eigenvalue weighted by atomic mass is 10.2. The zero-order valence-electron chi connectivity index (χ0n) is 15.1. The molecule has 0 unspecified atom stereocenters. The summed E-state index contributed by atoms with van der Waals surface area (Å²) in [6.07, 6.45) is 1.60. The molecule has 0 radical (unpaired) electrons.